The topological polar surface area (TPSA) is 85.8 Å². The molecule has 2 rings (SSSR count). The highest BCUT2D eigenvalue weighted by Crippen LogP contribution is 2.36. The summed E-state index contributed by atoms with van der Waals surface area (Å²) < 4.78 is 39.5. The van der Waals surface area contributed by atoms with Crippen LogP contribution in [-0.4, -0.2) is 72.3 Å². The van der Waals surface area contributed by atoms with Crippen molar-refractivity contribution in [2.45, 2.75) is 51.3 Å². The van der Waals surface area contributed by atoms with Gasteiger partial charge in [0, 0.05) is 39.6 Å². The number of hydrogen-bond donors (Lipinski definition) is 2. The summed E-state index contributed by atoms with van der Waals surface area (Å²) in [6.45, 7) is 3.88. The number of nitrogens with one attached hydrogen (secondary N) is 1. The molecule has 0 aliphatic carbocycles. The van der Waals surface area contributed by atoms with Gasteiger partial charge in [-0.15, -0.1) is 0 Å². The summed E-state index contributed by atoms with van der Waals surface area (Å²) in [6, 6.07) is 3.44. The van der Waals surface area contributed by atoms with Crippen LogP contribution in [-0.2, 0) is 4.79 Å². The largest absolute Gasteiger partial charge is 0.426 e. The maximum atomic E-state index is 13.2. The fourth-order valence-electron chi connectivity index (χ4n) is 3.90. The number of aliphatic hydroxyl groups is 1. The molecule has 1 fully saturated rings. The van der Waals surface area contributed by atoms with Crippen molar-refractivity contribution in [2.24, 2.45) is 11.8 Å². The van der Waals surface area contributed by atoms with Crippen molar-refractivity contribution in [2.75, 3.05) is 38.6 Å². The normalized spacial score (nSPS) is 17.1. The lowest BCUT2D eigenvalue weighted by atomic mass is 9.88. The Bertz CT molecular complexity index is 843. The number of pyridine rings is 1. The van der Waals surface area contributed by atoms with E-state index in [-0.39, 0.29) is 17.6 Å². The molecule has 2 heterocycles. The molecule has 7 nitrogen and oxygen atoms in total. The van der Waals surface area contributed by atoms with Crippen LogP contribution in [0.2, 0.25) is 5.15 Å². The number of carbonyl (C=O) groups is 2. The third-order valence-electron chi connectivity index (χ3n) is 6.10. The molecule has 1 saturated heterocycles. The second kappa shape index (κ2) is 10.9. The van der Waals surface area contributed by atoms with E-state index in [0.717, 1.165) is 46.2 Å². The molecule has 0 spiro atoms. The molecule has 1 aliphatic rings. The van der Waals surface area contributed by atoms with Crippen molar-refractivity contribution in [1.82, 2.24) is 15.2 Å². The molecule has 1 aromatic rings. The standard InChI is InChI=1S/C22H32ClF3N4O3/c1-14(2)21(33,22(24,25)26)20(32)27-11-5-6-15-9-12-30(13-10-15)17-8-7-16(18(23)28-17)19(31)29(3)4/h7-8,14-15,33H,5-6,9-13H2,1-4H3,(H,27,32). The first-order valence-electron chi connectivity index (χ1n) is 11.0. The van der Waals surface area contributed by atoms with Gasteiger partial charge in [0.1, 0.15) is 11.0 Å². The highest BCUT2D eigenvalue weighted by atomic mass is 35.5. The van der Waals surface area contributed by atoms with Crippen LogP contribution in [0, 0.1) is 11.8 Å². The number of aromatic nitrogens is 1. The second-order valence-electron chi connectivity index (χ2n) is 8.95. The molecule has 0 radical (unpaired) electrons. The Morgan fingerprint density at radius 2 is 1.88 bits per heavy atom. The van der Waals surface area contributed by atoms with Crippen molar-refractivity contribution in [3.8, 4) is 0 Å². The summed E-state index contributed by atoms with van der Waals surface area (Å²) in [5.74, 6) is -1.85. The number of amides is 2. The lowest BCUT2D eigenvalue weighted by Gasteiger charge is -2.33. The maximum absolute atomic E-state index is 13.2. The van der Waals surface area contributed by atoms with E-state index in [0.29, 0.717) is 23.7 Å². The molecule has 0 bridgehead atoms. The van der Waals surface area contributed by atoms with Gasteiger partial charge in [-0.25, -0.2) is 4.98 Å². The van der Waals surface area contributed by atoms with Crippen LogP contribution in [0.4, 0.5) is 19.0 Å². The summed E-state index contributed by atoms with van der Waals surface area (Å²) in [5.41, 5.74) is -3.04. The molecule has 1 unspecified atom stereocenters. The van der Waals surface area contributed by atoms with Crippen LogP contribution in [0.25, 0.3) is 0 Å². The van der Waals surface area contributed by atoms with E-state index in [1.54, 1.807) is 26.2 Å². The van der Waals surface area contributed by atoms with Crippen molar-refractivity contribution in [3.63, 3.8) is 0 Å². The van der Waals surface area contributed by atoms with Gasteiger partial charge in [-0.05, 0) is 43.7 Å². The van der Waals surface area contributed by atoms with Crippen molar-refractivity contribution >= 4 is 29.2 Å². The number of alkyl halides is 3. The van der Waals surface area contributed by atoms with Crippen molar-refractivity contribution in [1.29, 1.82) is 0 Å². The third kappa shape index (κ3) is 6.29. The van der Waals surface area contributed by atoms with Gasteiger partial charge in [-0.2, -0.15) is 13.2 Å². The number of anilines is 1. The van der Waals surface area contributed by atoms with Gasteiger partial charge in [-0.1, -0.05) is 25.4 Å². The number of piperidine rings is 1. The van der Waals surface area contributed by atoms with Crippen molar-refractivity contribution in [3.05, 3.63) is 22.8 Å². The highest BCUT2D eigenvalue weighted by molar-refractivity contribution is 6.32. The molecular formula is C22H32ClF3N4O3. The van der Waals surface area contributed by atoms with E-state index in [1.807, 2.05) is 0 Å². The molecule has 1 aliphatic heterocycles. The number of rotatable bonds is 8. The summed E-state index contributed by atoms with van der Waals surface area (Å²) >= 11 is 6.20. The Morgan fingerprint density at radius 1 is 1.27 bits per heavy atom. The van der Waals surface area contributed by atoms with Gasteiger partial charge in [0.2, 0.25) is 5.60 Å². The lowest BCUT2D eigenvalue weighted by molar-refractivity contribution is -0.264. The minimum Gasteiger partial charge on any atom is -0.372 e. The van der Waals surface area contributed by atoms with Gasteiger partial charge in [-0.3, -0.25) is 9.59 Å². The van der Waals surface area contributed by atoms with Crippen LogP contribution in [0.1, 0.15) is 49.9 Å². The minimum atomic E-state index is -5.03. The first-order chi connectivity index (χ1) is 15.3. The van der Waals surface area contributed by atoms with Gasteiger partial charge >= 0.3 is 6.18 Å². The Morgan fingerprint density at radius 3 is 2.36 bits per heavy atom. The first kappa shape index (κ1) is 27.2. The van der Waals surface area contributed by atoms with Crippen LogP contribution < -0.4 is 10.2 Å². The highest BCUT2D eigenvalue weighted by Gasteiger charge is 2.61. The summed E-state index contributed by atoms with van der Waals surface area (Å²) in [5, 5.41) is 12.3. The zero-order chi connectivity index (χ0) is 25.0. The molecule has 1 atom stereocenters. The molecule has 2 amide bonds. The lowest BCUT2D eigenvalue weighted by Crippen LogP contribution is -2.60. The number of halogens is 4. The Balaban J connectivity index is 1.81. The van der Waals surface area contributed by atoms with Gasteiger partial charge in [0.05, 0.1) is 5.56 Å². The summed E-state index contributed by atoms with van der Waals surface area (Å²) in [6.07, 6.45) is -2.03. The van der Waals surface area contributed by atoms with Crippen LogP contribution in [0.15, 0.2) is 12.1 Å². The zero-order valence-corrected chi connectivity index (χ0v) is 20.1. The van der Waals surface area contributed by atoms with Crippen LogP contribution >= 0.6 is 11.6 Å². The van der Waals surface area contributed by atoms with Gasteiger partial charge in [0.15, 0.2) is 0 Å². The molecular weight excluding hydrogens is 461 g/mol. The SMILES string of the molecule is CC(C)C(O)(C(=O)NCCCC1CCN(c2ccc(C(=O)N(C)C)c(Cl)n2)CC1)C(F)(F)F. The minimum absolute atomic E-state index is 0.0721. The predicted molar refractivity (Wildman–Crippen MR) is 120 cm³/mol. The van der Waals surface area contributed by atoms with E-state index < -0.39 is 23.6 Å². The molecule has 0 aromatic carbocycles. The maximum Gasteiger partial charge on any atom is 0.426 e. The number of hydrogen-bond acceptors (Lipinski definition) is 5. The van der Waals surface area contributed by atoms with Gasteiger partial charge < -0.3 is 20.2 Å². The summed E-state index contributed by atoms with van der Waals surface area (Å²) in [7, 11) is 3.28. The summed E-state index contributed by atoms with van der Waals surface area (Å²) in [4.78, 5) is 32.0. The number of carbonyl (C=O) groups excluding carboxylic acids is 2. The Kier molecular flexibility index (Phi) is 8.98. The zero-order valence-electron chi connectivity index (χ0n) is 19.4. The fourth-order valence-corrected chi connectivity index (χ4v) is 4.13. The molecule has 33 heavy (non-hydrogen) atoms. The molecule has 2 N–H and O–H groups in total. The van der Waals surface area contributed by atoms with E-state index in [9.17, 15) is 27.9 Å². The van der Waals surface area contributed by atoms with Crippen molar-refractivity contribution < 1.29 is 27.9 Å². The van der Waals surface area contributed by atoms with Gasteiger partial charge in [0.25, 0.3) is 11.8 Å². The quantitative estimate of drug-likeness (QED) is 0.428. The Hall–Kier alpha value is -2.07. The van der Waals surface area contributed by atoms with E-state index in [1.165, 1.54) is 4.90 Å². The smallest absolute Gasteiger partial charge is 0.372 e. The Labute approximate surface area is 197 Å². The average molecular weight is 493 g/mol. The van der Waals surface area contributed by atoms with E-state index in [4.69, 9.17) is 11.6 Å². The third-order valence-corrected chi connectivity index (χ3v) is 6.39. The fraction of sp³-hybridized carbons (Fsp3) is 0.682. The van der Waals surface area contributed by atoms with E-state index in [2.05, 4.69) is 15.2 Å². The second-order valence-corrected chi connectivity index (χ2v) is 9.31. The molecule has 0 saturated carbocycles. The van der Waals surface area contributed by atoms with E-state index >= 15 is 0 Å². The van der Waals surface area contributed by atoms with Crippen LogP contribution in [0.5, 0.6) is 0 Å². The van der Waals surface area contributed by atoms with Crippen LogP contribution in [0.3, 0.4) is 0 Å². The molecule has 186 valence electrons. The number of nitrogens with zero attached hydrogens (tertiary/aromatic N) is 3. The predicted octanol–water partition coefficient (Wildman–Crippen LogP) is 3.50. The monoisotopic (exact) mass is 492 g/mol. The molecule has 1 aromatic heterocycles. The molecule has 11 heteroatoms. The first-order valence-corrected chi connectivity index (χ1v) is 11.4. The average Bonchev–Trinajstić information content (AvgIpc) is 2.74.